The molecule has 29 heavy (non-hydrogen) atoms. The summed E-state index contributed by atoms with van der Waals surface area (Å²) in [4.78, 5) is 28.0. The zero-order valence-electron chi connectivity index (χ0n) is 17.5. The molecule has 1 aromatic carbocycles. The van der Waals surface area contributed by atoms with Gasteiger partial charge in [0.15, 0.2) is 0 Å². The van der Waals surface area contributed by atoms with Crippen molar-refractivity contribution in [2.75, 3.05) is 18.9 Å². The summed E-state index contributed by atoms with van der Waals surface area (Å²) in [5, 5.41) is 12.8. The van der Waals surface area contributed by atoms with Crippen LogP contribution in [0, 0.1) is 12.8 Å². The number of amides is 1. The number of carbonyl (C=O) groups is 2. The molecular formula is C22H31N3O4. The molecular weight excluding hydrogens is 370 g/mol. The number of aryl methyl sites for hydroxylation is 1. The highest BCUT2D eigenvalue weighted by molar-refractivity contribution is 6.06. The lowest BCUT2D eigenvalue weighted by molar-refractivity contribution is -0.126. The predicted molar refractivity (Wildman–Crippen MR) is 114 cm³/mol. The number of nitrogens with one attached hydrogen (secondary N) is 1. The lowest BCUT2D eigenvalue weighted by Gasteiger charge is -2.20. The van der Waals surface area contributed by atoms with Gasteiger partial charge in [0.25, 0.3) is 0 Å². The number of hydrogen-bond donors (Lipinski definition) is 3. The van der Waals surface area contributed by atoms with Crippen molar-refractivity contribution in [1.29, 1.82) is 0 Å². The summed E-state index contributed by atoms with van der Waals surface area (Å²) in [7, 11) is 0. The van der Waals surface area contributed by atoms with Gasteiger partial charge in [0.2, 0.25) is 5.91 Å². The molecule has 0 atom stereocenters. The molecule has 1 saturated carbocycles. The number of hydrogen-bond acceptors (Lipinski definition) is 5. The predicted octanol–water partition coefficient (Wildman–Crippen LogP) is 3.93. The summed E-state index contributed by atoms with van der Waals surface area (Å²) < 4.78 is 5.78. The second-order valence-electron chi connectivity index (χ2n) is 6.92. The van der Waals surface area contributed by atoms with E-state index >= 15 is 0 Å². The van der Waals surface area contributed by atoms with Crippen LogP contribution in [0.15, 0.2) is 18.2 Å². The number of benzene rings is 1. The first-order chi connectivity index (χ1) is 14.0. The molecule has 0 radical (unpaired) electrons. The van der Waals surface area contributed by atoms with Gasteiger partial charge in [0.05, 0.1) is 28.8 Å². The van der Waals surface area contributed by atoms with E-state index in [4.69, 9.17) is 10.5 Å². The number of rotatable bonds is 6. The molecule has 1 aliphatic rings. The number of nitrogens with zero attached hydrogens (tertiary/aromatic N) is 1. The molecule has 0 aliphatic heterocycles. The zero-order chi connectivity index (χ0) is 21.4. The minimum absolute atomic E-state index is 0.0100. The summed E-state index contributed by atoms with van der Waals surface area (Å²) in [5.41, 5.74) is 7.18. The Morgan fingerprint density at radius 2 is 1.93 bits per heavy atom. The largest absolute Gasteiger partial charge is 0.491 e. The van der Waals surface area contributed by atoms with Crippen LogP contribution in [0.25, 0.3) is 10.9 Å². The molecule has 1 amide bonds. The van der Waals surface area contributed by atoms with Crippen molar-refractivity contribution < 1.29 is 19.4 Å². The number of carbonyl (C=O) groups excluding carboxylic acids is 1. The van der Waals surface area contributed by atoms with E-state index in [1.54, 1.807) is 25.1 Å². The van der Waals surface area contributed by atoms with Gasteiger partial charge in [0, 0.05) is 5.92 Å². The van der Waals surface area contributed by atoms with Crippen LogP contribution in [-0.2, 0) is 4.79 Å². The fourth-order valence-corrected chi connectivity index (χ4v) is 3.67. The molecule has 3 rings (SSSR count). The summed E-state index contributed by atoms with van der Waals surface area (Å²) in [5.74, 6) is -0.459. The van der Waals surface area contributed by atoms with Crippen LogP contribution < -0.4 is 15.8 Å². The molecule has 1 aliphatic carbocycles. The number of nitrogens with two attached hydrogens (primary N) is 1. The number of fused-ring (bicyclic) bond motifs is 1. The molecule has 1 aromatic heterocycles. The quantitative estimate of drug-likeness (QED) is 0.632. The number of nitrogen functional groups attached to an aromatic ring is 1. The van der Waals surface area contributed by atoms with Crippen molar-refractivity contribution in [3.05, 3.63) is 29.5 Å². The van der Waals surface area contributed by atoms with Crippen LogP contribution in [0.1, 0.15) is 62.0 Å². The van der Waals surface area contributed by atoms with Crippen LogP contribution in [-0.4, -0.2) is 35.1 Å². The first-order valence-corrected chi connectivity index (χ1v) is 10.3. The Bertz CT molecular complexity index is 861. The Morgan fingerprint density at radius 1 is 1.24 bits per heavy atom. The van der Waals surface area contributed by atoms with Crippen LogP contribution in [0.5, 0.6) is 5.75 Å². The molecule has 4 N–H and O–H groups in total. The minimum Gasteiger partial charge on any atom is -0.491 e. The molecule has 1 heterocycles. The highest BCUT2D eigenvalue weighted by Crippen LogP contribution is 2.33. The van der Waals surface area contributed by atoms with Gasteiger partial charge in [-0.1, -0.05) is 39.2 Å². The molecule has 158 valence electrons. The number of carboxylic acids is 1. The topological polar surface area (TPSA) is 115 Å². The van der Waals surface area contributed by atoms with Crippen LogP contribution in [0.4, 0.5) is 5.69 Å². The fraction of sp³-hybridized carbons (Fsp3) is 0.500. The fourth-order valence-electron chi connectivity index (χ4n) is 3.67. The lowest BCUT2D eigenvalue weighted by Crippen LogP contribution is -2.34. The summed E-state index contributed by atoms with van der Waals surface area (Å²) in [6.07, 6.45) is 5.34. The number of anilines is 1. The molecule has 0 unspecified atom stereocenters. The summed E-state index contributed by atoms with van der Waals surface area (Å²) >= 11 is 0. The third kappa shape index (κ3) is 5.37. The maximum atomic E-state index is 12.2. The Kier molecular flexibility index (Phi) is 8.24. The van der Waals surface area contributed by atoms with E-state index in [-0.39, 0.29) is 29.7 Å². The Hall–Kier alpha value is -2.83. The third-order valence-electron chi connectivity index (χ3n) is 5.04. The zero-order valence-corrected chi connectivity index (χ0v) is 17.5. The van der Waals surface area contributed by atoms with Crippen molar-refractivity contribution in [1.82, 2.24) is 10.3 Å². The number of aromatic nitrogens is 1. The summed E-state index contributed by atoms with van der Waals surface area (Å²) in [6.45, 7) is 6.28. The smallest absolute Gasteiger partial charge is 0.339 e. The Balaban J connectivity index is 0.00000145. The number of carboxylic acid groups (broad SMARTS) is 1. The second kappa shape index (κ2) is 10.6. The molecule has 7 nitrogen and oxygen atoms in total. The first-order valence-electron chi connectivity index (χ1n) is 10.3. The average Bonchev–Trinajstić information content (AvgIpc) is 2.72. The van der Waals surface area contributed by atoms with E-state index in [0.29, 0.717) is 28.9 Å². The first kappa shape index (κ1) is 22.5. The normalized spacial score (nSPS) is 14.0. The molecule has 0 saturated heterocycles. The highest BCUT2D eigenvalue weighted by Gasteiger charge is 2.21. The number of pyridine rings is 1. The molecule has 2 aromatic rings. The van der Waals surface area contributed by atoms with E-state index in [1.165, 1.54) is 6.42 Å². The maximum absolute atomic E-state index is 12.2. The van der Waals surface area contributed by atoms with Crippen LogP contribution in [0.2, 0.25) is 0 Å². The minimum atomic E-state index is -1.12. The van der Waals surface area contributed by atoms with E-state index < -0.39 is 5.97 Å². The Morgan fingerprint density at radius 3 is 2.59 bits per heavy atom. The van der Waals surface area contributed by atoms with Gasteiger partial charge in [-0.05, 0) is 31.9 Å². The highest BCUT2D eigenvalue weighted by atomic mass is 16.5. The maximum Gasteiger partial charge on any atom is 0.339 e. The van der Waals surface area contributed by atoms with Gasteiger partial charge in [0.1, 0.15) is 17.9 Å². The van der Waals surface area contributed by atoms with Gasteiger partial charge < -0.3 is 20.9 Å². The SMILES string of the molecule is CC.Cc1nc2cccc(OCCNC(=O)C3CCCCC3)c2c(N)c1C(=O)O. The van der Waals surface area contributed by atoms with E-state index in [1.807, 2.05) is 13.8 Å². The van der Waals surface area contributed by atoms with Crippen LogP contribution in [0.3, 0.4) is 0 Å². The molecule has 0 spiro atoms. The Labute approximate surface area is 171 Å². The van der Waals surface area contributed by atoms with E-state index in [9.17, 15) is 14.7 Å². The van der Waals surface area contributed by atoms with Gasteiger partial charge in [-0.15, -0.1) is 0 Å². The van der Waals surface area contributed by atoms with Crippen molar-refractivity contribution >= 4 is 28.5 Å². The third-order valence-corrected chi connectivity index (χ3v) is 5.04. The van der Waals surface area contributed by atoms with E-state index in [0.717, 1.165) is 25.7 Å². The second-order valence-corrected chi connectivity index (χ2v) is 6.92. The number of aromatic carboxylic acids is 1. The van der Waals surface area contributed by atoms with Crippen molar-refractivity contribution in [2.24, 2.45) is 5.92 Å². The van der Waals surface area contributed by atoms with Crippen LogP contribution >= 0.6 is 0 Å². The molecule has 0 bridgehead atoms. The monoisotopic (exact) mass is 401 g/mol. The number of ether oxygens (including phenoxy) is 1. The van der Waals surface area contributed by atoms with Crippen molar-refractivity contribution in [3.63, 3.8) is 0 Å². The van der Waals surface area contributed by atoms with Crippen molar-refractivity contribution in [3.8, 4) is 5.75 Å². The van der Waals surface area contributed by atoms with Gasteiger partial charge in [-0.2, -0.15) is 0 Å². The van der Waals surface area contributed by atoms with Gasteiger partial charge in [-0.3, -0.25) is 9.78 Å². The molecule has 1 fully saturated rings. The van der Waals surface area contributed by atoms with E-state index in [2.05, 4.69) is 10.3 Å². The average molecular weight is 402 g/mol. The lowest BCUT2D eigenvalue weighted by atomic mass is 9.89. The summed E-state index contributed by atoms with van der Waals surface area (Å²) in [6, 6.07) is 5.27. The van der Waals surface area contributed by atoms with Gasteiger partial charge in [-0.25, -0.2) is 4.79 Å². The van der Waals surface area contributed by atoms with Gasteiger partial charge >= 0.3 is 5.97 Å². The van der Waals surface area contributed by atoms with Crippen molar-refractivity contribution in [2.45, 2.75) is 52.9 Å². The molecule has 7 heteroatoms. The standard InChI is InChI=1S/C20H25N3O4.C2H6/c1-12-16(20(25)26)18(21)17-14(23-12)8-5-9-15(17)27-11-10-22-19(24)13-6-3-2-4-7-13;1-2/h5,8-9,13H,2-4,6-7,10-11H2,1H3,(H2,21,23)(H,22,24)(H,25,26);1-2H3.